The van der Waals surface area contributed by atoms with Gasteiger partial charge < -0.3 is 14.2 Å². The molecule has 0 radical (unpaired) electrons. The van der Waals surface area contributed by atoms with Gasteiger partial charge in [0.25, 0.3) is 0 Å². The Morgan fingerprint density at radius 3 is 2.74 bits per heavy atom. The van der Waals surface area contributed by atoms with E-state index in [1.165, 1.54) is 0 Å². The van der Waals surface area contributed by atoms with Crippen molar-refractivity contribution in [3.63, 3.8) is 0 Å². The molecule has 2 saturated heterocycles. The summed E-state index contributed by atoms with van der Waals surface area (Å²) in [4.78, 5) is 14.2. The second kappa shape index (κ2) is 6.49. The molecule has 2 aliphatic heterocycles. The molecule has 23 heavy (non-hydrogen) atoms. The van der Waals surface area contributed by atoms with E-state index in [2.05, 4.69) is 0 Å². The van der Waals surface area contributed by atoms with Crippen LogP contribution in [-0.2, 0) is 20.8 Å². The van der Waals surface area contributed by atoms with Crippen molar-refractivity contribution in [1.82, 2.24) is 4.90 Å². The van der Waals surface area contributed by atoms with Gasteiger partial charge in [0.1, 0.15) is 17.8 Å². The van der Waals surface area contributed by atoms with Gasteiger partial charge in [0.15, 0.2) is 0 Å². The van der Waals surface area contributed by atoms with Crippen LogP contribution in [0, 0.1) is 0 Å². The van der Waals surface area contributed by atoms with Gasteiger partial charge in [-0.1, -0.05) is 30.3 Å². The topological polar surface area (TPSA) is 48.0 Å². The van der Waals surface area contributed by atoms with Crippen molar-refractivity contribution in [1.29, 1.82) is 0 Å². The number of amides is 1. The van der Waals surface area contributed by atoms with E-state index in [1.54, 1.807) is 4.90 Å². The second-order valence-electron chi connectivity index (χ2n) is 7.16. The first kappa shape index (κ1) is 16.3. The summed E-state index contributed by atoms with van der Waals surface area (Å²) in [6, 6.07) is 10.1. The molecule has 0 saturated carbocycles. The van der Waals surface area contributed by atoms with Gasteiger partial charge in [-0.25, -0.2) is 4.79 Å². The van der Waals surface area contributed by atoms with Crippen molar-refractivity contribution >= 4 is 6.09 Å². The Balaban J connectivity index is 1.63. The Hall–Kier alpha value is -1.59. The zero-order valence-electron chi connectivity index (χ0n) is 14.0. The van der Waals surface area contributed by atoms with E-state index in [0.29, 0.717) is 19.8 Å². The van der Waals surface area contributed by atoms with Gasteiger partial charge in [-0.2, -0.15) is 0 Å². The number of hydrogen-bond acceptors (Lipinski definition) is 4. The highest BCUT2D eigenvalue weighted by Crippen LogP contribution is 2.32. The molecule has 1 aromatic carbocycles. The van der Waals surface area contributed by atoms with E-state index in [9.17, 15) is 4.79 Å². The summed E-state index contributed by atoms with van der Waals surface area (Å²) < 4.78 is 17.4. The molecule has 0 N–H and O–H groups in total. The minimum absolute atomic E-state index is 0.0498. The smallest absolute Gasteiger partial charge is 0.410 e. The molecule has 0 spiro atoms. The minimum Gasteiger partial charge on any atom is -0.444 e. The van der Waals surface area contributed by atoms with Crippen molar-refractivity contribution in [2.75, 3.05) is 13.2 Å². The normalized spacial score (nSPS) is 27.1. The lowest BCUT2D eigenvalue weighted by Gasteiger charge is -2.27. The number of likely N-dealkylation sites (tertiary alicyclic amines) is 1. The molecule has 3 rings (SSSR count). The van der Waals surface area contributed by atoms with Crippen molar-refractivity contribution in [2.45, 2.75) is 57.6 Å². The third-order valence-corrected chi connectivity index (χ3v) is 4.18. The number of nitrogens with zero attached hydrogens (tertiary/aromatic N) is 1. The summed E-state index contributed by atoms with van der Waals surface area (Å²) in [6.45, 7) is 7.37. The molecule has 2 fully saturated rings. The Labute approximate surface area is 137 Å². The highest BCUT2D eigenvalue weighted by molar-refractivity contribution is 5.69. The maximum absolute atomic E-state index is 12.4. The molecule has 2 aliphatic rings. The fourth-order valence-corrected chi connectivity index (χ4v) is 3.18. The van der Waals surface area contributed by atoms with Gasteiger partial charge in [-0.3, -0.25) is 4.90 Å². The van der Waals surface area contributed by atoms with Gasteiger partial charge in [0.2, 0.25) is 0 Å². The molecular formula is C18H25NO4. The summed E-state index contributed by atoms with van der Waals surface area (Å²) in [5.74, 6) is 0. The number of carbonyl (C=O) groups is 1. The SMILES string of the molecule is CC(C)(C)OC(=O)N1CC(OCc2ccccc2)[C@H]2OCC[C@H]21. The quantitative estimate of drug-likeness (QED) is 0.859. The van der Waals surface area contributed by atoms with Crippen LogP contribution >= 0.6 is 0 Å². The Morgan fingerprint density at radius 1 is 1.30 bits per heavy atom. The van der Waals surface area contributed by atoms with E-state index < -0.39 is 5.60 Å². The Morgan fingerprint density at radius 2 is 2.04 bits per heavy atom. The number of rotatable bonds is 3. The average molecular weight is 319 g/mol. The van der Waals surface area contributed by atoms with Crippen molar-refractivity contribution < 1.29 is 19.0 Å². The number of hydrogen-bond donors (Lipinski definition) is 0. The van der Waals surface area contributed by atoms with Crippen LogP contribution in [0.2, 0.25) is 0 Å². The predicted molar refractivity (Wildman–Crippen MR) is 86.1 cm³/mol. The maximum Gasteiger partial charge on any atom is 0.410 e. The largest absolute Gasteiger partial charge is 0.444 e. The highest BCUT2D eigenvalue weighted by atomic mass is 16.6. The van der Waals surface area contributed by atoms with Crippen LogP contribution in [0.25, 0.3) is 0 Å². The van der Waals surface area contributed by atoms with E-state index in [-0.39, 0.29) is 24.3 Å². The third-order valence-electron chi connectivity index (χ3n) is 4.18. The number of ether oxygens (including phenoxy) is 3. The number of benzene rings is 1. The van der Waals surface area contributed by atoms with Crippen LogP contribution in [0.4, 0.5) is 4.79 Å². The highest BCUT2D eigenvalue weighted by Gasteiger charge is 2.49. The molecule has 0 aromatic heterocycles. The average Bonchev–Trinajstić information content (AvgIpc) is 3.06. The number of fused-ring (bicyclic) bond motifs is 1. The predicted octanol–water partition coefficient (Wildman–Crippen LogP) is 2.98. The summed E-state index contributed by atoms with van der Waals surface area (Å²) in [5.41, 5.74) is 0.632. The lowest BCUT2D eigenvalue weighted by Crippen LogP contribution is -2.41. The van der Waals surface area contributed by atoms with Crippen molar-refractivity contribution in [2.24, 2.45) is 0 Å². The third kappa shape index (κ3) is 3.85. The summed E-state index contributed by atoms with van der Waals surface area (Å²) in [6.07, 6.45) is 0.417. The first-order valence-electron chi connectivity index (χ1n) is 8.21. The first-order valence-corrected chi connectivity index (χ1v) is 8.21. The van der Waals surface area contributed by atoms with Gasteiger partial charge in [-0.15, -0.1) is 0 Å². The van der Waals surface area contributed by atoms with Crippen molar-refractivity contribution in [3.05, 3.63) is 35.9 Å². The Bertz CT molecular complexity index is 540. The molecule has 5 heteroatoms. The molecule has 126 valence electrons. The lowest BCUT2D eigenvalue weighted by atomic mass is 10.1. The van der Waals surface area contributed by atoms with Crippen LogP contribution in [0.1, 0.15) is 32.8 Å². The second-order valence-corrected chi connectivity index (χ2v) is 7.16. The van der Waals surface area contributed by atoms with Crippen LogP contribution < -0.4 is 0 Å². The molecule has 1 aromatic rings. The van der Waals surface area contributed by atoms with Crippen LogP contribution in [0.3, 0.4) is 0 Å². The summed E-state index contributed by atoms with van der Waals surface area (Å²) >= 11 is 0. The van der Waals surface area contributed by atoms with E-state index >= 15 is 0 Å². The zero-order chi connectivity index (χ0) is 16.4. The van der Waals surface area contributed by atoms with Gasteiger partial charge in [0, 0.05) is 6.61 Å². The van der Waals surface area contributed by atoms with Crippen LogP contribution in [-0.4, -0.2) is 48.0 Å². The molecule has 0 bridgehead atoms. The van der Waals surface area contributed by atoms with E-state index in [1.807, 2.05) is 51.1 Å². The summed E-state index contributed by atoms with van der Waals surface area (Å²) in [5, 5.41) is 0. The fourth-order valence-electron chi connectivity index (χ4n) is 3.18. The van der Waals surface area contributed by atoms with Crippen LogP contribution in [0.15, 0.2) is 30.3 Å². The molecule has 5 nitrogen and oxygen atoms in total. The monoisotopic (exact) mass is 319 g/mol. The van der Waals surface area contributed by atoms with Gasteiger partial charge in [0.05, 0.1) is 19.2 Å². The maximum atomic E-state index is 12.4. The lowest BCUT2D eigenvalue weighted by molar-refractivity contribution is -0.0376. The molecule has 3 atom stereocenters. The van der Waals surface area contributed by atoms with Crippen LogP contribution in [0.5, 0.6) is 0 Å². The van der Waals surface area contributed by atoms with Gasteiger partial charge in [-0.05, 0) is 32.8 Å². The summed E-state index contributed by atoms with van der Waals surface area (Å²) in [7, 11) is 0. The number of carbonyl (C=O) groups excluding carboxylic acids is 1. The molecular weight excluding hydrogens is 294 g/mol. The standard InChI is InChI=1S/C18H25NO4/c1-18(2,3)23-17(20)19-11-15(16-14(19)9-10-21-16)22-12-13-7-5-4-6-8-13/h4-8,14-16H,9-12H2,1-3H3/t14-,15?,16+/m1/s1. The molecule has 1 unspecified atom stereocenters. The first-order chi connectivity index (χ1) is 10.9. The minimum atomic E-state index is -0.491. The zero-order valence-corrected chi connectivity index (χ0v) is 14.0. The van der Waals surface area contributed by atoms with E-state index in [0.717, 1.165) is 12.0 Å². The van der Waals surface area contributed by atoms with Gasteiger partial charge >= 0.3 is 6.09 Å². The van der Waals surface area contributed by atoms with E-state index in [4.69, 9.17) is 14.2 Å². The molecule has 1 amide bonds. The molecule has 0 aliphatic carbocycles. The fraction of sp³-hybridized carbons (Fsp3) is 0.611. The van der Waals surface area contributed by atoms with Crippen molar-refractivity contribution in [3.8, 4) is 0 Å². The molecule has 2 heterocycles. The Kier molecular flexibility index (Phi) is 4.60.